The molecule has 17 heavy (non-hydrogen) atoms. The fourth-order valence-corrected chi connectivity index (χ4v) is 2.40. The molecule has 1 aromatic carbocycles. The van der Waals surface area contributed by atoms with Crippen molar-refractivity contribution in [1.82, 2.24) is 5.32 Å². The zero-order valence-corrected chi connectivity index (χ0v) is 11.2. The third kappa shape index (κ3) is 3.81. The van der Waals surface area contributed by atoms with Crippen LogP contribution in [0.1, 0.15) is 51.5 Å². The zero-order valence-electron chi connectivity index (χ0n) is 11.2. The molecule has 0 aliphatic carbocycles. The third-order valence-electron chi connectivity index (χ3n) is 3.33. The summed E-state index contributed by atoms with van der Waals surface area (Å²) in [6, 6.07) is 7.53. The van der Waals surface area contributed by atoms with Crippen molar-refractivity contribution in [3.8, 4) is 0 Å². The summed E-state index contributed by atoms with van der Waals surface area (Å²) < 4.78 is 13.8. The van der Waals surface area contributed by atoms with Gasteiger partial charge in [-0.15, -0.1) is 0 Å². The third-order valence-corrected chi connectivity index (χ3v) is 3.33. The van der Waals surface area contributed by atoms with Crippen molar-refractivity contribution < 1.29 is 4.39 Å². The lowest BCUT2D eigenvalue weighted by Crippen LogP contribution is -2.35. The molecule has 0 fully saturated rings. The molecule has 0 radical (unpaired) electrons. The van der Waals surface area contributed by atoms with Crippen LogP contribution < -0.4 is 5.32 Å². The molecule has 2 atom stereocenters. The van der Waals surface area contributed by atoms with E-state index in [4.69, 9.17) is 0 Å². The molecule has 1 aromatic rings. The van der Waals surface area contributed by atoms with Gasteiger partial charge in [-0.2, -0.15) is 0 Å². The Hall–Kier alpha value is -0.890. The van der Waals surface area contributed by atoms with Crippen molar-refractivity contribution >= 4 is 0 Å². The predicted molar refractivity (Wildman–Crippen MR) is 71.8 cm³/mol. The number of halogens is 1. The molecule has 0 spiro atoms. The molecule has 0 heterocycles. The van der Waals surface area contributed by atoms with Gasteiger partial charge in [0.1, 0.15) is 5.82 Å². The number of hydrogen-bond acceptors (Lipinski definition) is 1. The zero-order chi connectivity index (χ0) is 12.7. The van der Waals surface area contributed by atoms with Gasteiger partial charge in [0.15, 0.2) is 0 Å². The van der Waals surface area contributed by atoms with E-state index in [9.17, 15) is 4.39 Å². The van der Waals surface area contributed by atoms with Crippen molar-refractivity contribution in [3.63, 3.8) is 0 Å². The second-order valence-corrected chi connectivity index (χ2v) is 4.51. The van der Waals surface area contributed by atoms with Crippen LogP contribution in [0, 0.1) is 5.82 Å². The van der Waals surface area contributed by atoms with E-state index in [0.29, 0.717) is 6.04 Å². The maximum Gasteiger partial charge on any atom is 0.126 e. The average molecular weight is 237 g/mol. The van der Waals surface area contributed by atoms with E-state index in [0.717, 1.165) is 31.4 Å². The highest BCUT2D eigenvalue weighted by Gasteiger charge is 2.21. The van der Waals surface area contributed by atoms with Crippen LogP contribution in [0.3, 0.4) is 0 Å². The van der Waals surface area contributed by atoms with Gasteiger partial charge in [-0.1, -0.05) is 39.0 Å². The molecular formula is C15H24FN. The molecule has 2 unspecified atom stereocenters. The minimum atomic E-state index is -0.0731. The average Bonchev–Trinajstić information content (AvgIpc) is 2.36. The normalized spacial score (nSPS) is 14.6. The summed E-state index contributed by atoms with van der Waals surface area (Å²) in [6.07, 6.45) is 3.12. The maximum absolute atomic E-state index is 13.8. The summed E-state index contributed by atoms with van der Waals surface area (Å²) in [5, 5.41) is 3.53. The fourth-order valence-electron chi connectivity index (χ4n) is 2.40. The van der Waals surface area contributed by atoms with Crippen LogP contribution in [0.4, 0.5) is 4.39 Å². The first kappa shape index (κ1) is 14.2. The molecule has 0 saturated heterocycles. The molecule has 0 aromatic heterocycles. The first-order valence-corrected chi connectivity index (χ1v) is 6.72. The lowest BCUT2D eigenvalue weighted by Gasteiger charge is -2.27. The topological polar surface area (TPSA) is 12.0 Å². The SMILES string of the molecule is CCCNC(CC)C(CC)c1ccccc1F. The lowest BCUT2D eigenvalue weighted by atomic mass is 9.87. The predicted octanol–water partition coefficient (Wildman–Crippen LogP) is 4.10. The van der Waals surface area contributed by atoms with Crippen LogP contribution in [-0.4, -0.2) is 12.6 Å². The summed E-state index contributed by atoms with van der Waals surface area (Å²) in [4.78, 5) is 0. The van der Waals surface area contributed by atoms with E-state index in [1.165, 1.54) is 0 Å². The Labute approximate surface area is 104 Å². The Morgan fingerprint density at radius 3 is 2.35 bits per heavy atom. The highest BCUT2D eigenvalue weighted by molar-refractivity contribution is 5.23. The van der Waals surface area contributed by atoms with E-state index in [1.807, 2.05) is 12.1 Å². The molecule has 0 amide bonds. The van der Waals surface area contributed by atoms with E-state index in [-0.39, 0.29) is 11.7 Å². The van der Waals surface area contributed by atoms with Gasteiger partial charge in [-0.05, 0) is 37.4 Å². The Morgan fingerprint density at radius 2 is 1.82 bits per heavy atom. The summed E-state index contributed by atoms with van der Waals surface area (Å²) in [6.45, 7) is 7.46. The van der Waals surface area contributed by atoms with Gasteiger partial charge in [-0.25, -0.2) is 4.39 Å². The first-order valence-electron chi connectivity index (χ1n) is 6.72. The molecule has 1 N–H and O–H groups in total. The monoisotopic (exact) mass is 237 g/mol. The van der Waals surface area contributed by atoms with E-state index in [2.05, 4.69) is 26.1 Å². The minimum absolute atomic E-state index is 0.0731. The minimum Gasteiger partial charge on any atom is -0.313 e. The van der Waals surface area contributed by atoms with Crippen molar-refractivity contribution in [3.05, 3.63) is 35.6 Å². The molecule has 1 rings (SSSR count). The molecule has 0 bridgehead atoms. The van der Waals surface area contributed by atoms with Gasteiger partial charge in [0.2, 0.25) is 0 Å². The molecule has 1 nitrogen and oxygen atoms in total. The van der Waals surface area contributed by atoms with E-state index in [1.54, 1.807) is 12.1 Å². The highest BCUT2D eigenvalue weighted by atomic mass is 19.1. The van der Waals surface area contributed by atoms with Gasteiger partial charge in [-0.3, -0.25) is 0 Å². The summed E-state index contributed by atoms with van der Waals surface area (Å²) in [5.74, 6) is 0.198. The smallest absolute Gasteiger partial charge is 0.126 e. The number of nitrogens with one attached hydrogen (secondary N) is 1. The van der Waals surface area contributed by atoms with Gasteiger partial charge < -0.3 is 5.32 Å². The largest absolute Gasteiger partial charge is 0.313 e. The fraction of sp³-hybridized carbons (Fsp3) is 0.600. The molecule has 2 heteroatoms. The molecule has 0 aliphatic heterocycles. The maximum atomic E-state index is 13.8. The molecule has 0 saturated carbocycles. The van der Waals surface area contributed by atoms with Crippen LogP contribution >= 0.6 is 0 Å². The Morgan fingerprint density at radius 1 is 1.12 bits per heavy atom. The van der Waals surface area contributed by atoms with E-state index >= 15 is 0 Å². The van der Waals surface area contributed by atoms with Crippen molar-refractivity contribution in [2.24, 2.45) is 0 Å². The Kier molecular flexibility index (Phi) is 6.20. The van der Waals surface area contributed by atoms with Gasteiger partial charge in [0.25, 0.3) is 0 Å². The van der Waals surface area contributed by atoms with Crippen LogP contribution in [0.25, 0.3) is 0 Å². The Balaban J connectivity index is 2.85. The number of benzene rings is 1. The number of rotatable bonds is 7. The summed E-state index contributed by atoms with van der Waals surface area (Å²) >= 11 is 0. The van der Waals surface area contributed by atoms with E-state index < -0.39 is 0 Å². The second kappa shape index (κ2) is 7.44. The first-order chi connectivity index (χ1) is 8.24. The number of hydrogen-bond donors (Lipinski definition) is 1. The van der Waals surface area contributed by atoms with Gasteiger partial charge >= 0.3 is 0 Å². The highest BCUT2D eigenvalue weighted by Crippen LogP contribution is 2.27. The van der Waals surface area contributed by atoms with Crippen LogP contribution in [0.2, 0.25) is 0 Å². The standard InChI is InChI=1S/C15H24FN/c1-4-11-17-15(6-3)12(5-2)13-9-7-8-10-14(13)16/h7-10,12,15,17H,4-6,11H2,1-3H3. The summed E-state index contributed by atoms with van der Waals surface area (Å²) in [7, 11) is 0. The van der Waals surface area contributed by atoms with Crippen molar-refractivity contribution in [2.45, 2.75) is 52.0 Å². The summed E-state index contributed by atoms with van der Waals surface area (Å²) in [5.41, 5.74) is 0.852. The van der Waals surface area contributed by atoms with Crippen molar-refractivity contribution in [1.29, 1.82) is 0 Å². The quantitative estimate of drug-likeness (QED) is 0.753. The second-order valence-electron chi connectivity index (χ2n) is 4.51. The molecule has 96 valence electrons. The Bertz CT molecular complexity index is 324. The van der Waals surface area contributed by atoms with Crippen LogP contribution in [0.5, 0.6) is 0 Å². The molecule has 0 aliphatic rings. The molecular weight excluding hydrogens is 213 g/mol. The van der Waals surface area contributed by atoms with Crippen LogP contribution in [0.15, 0.2) is 24.3 Å². The van der Waals surface area contributed by atoms with Crippen LogP contribution in [-0.2, 0) is 0 Å². The van der Waals surface area contributed by atoms with Crippen molar-refractivity contribution in [2.75, 3.05) is 6.54 Å². The van der Waals surface area contributed by atoms with Gasteiger partial charge in [0, 0.05) is 12.0 Å². The van der Waals surface area contributed by atoms with Gasteiger partial charge in [0.05, 0.1) is 0 Å². The lowest BCUT2D eigenvalue weighted by molar-refractivity contribution is 0.401.